The van der Waals surface area contributed by atoms with Crippen LogP contribution in [0.25, 0.3) is 203 Å². The number of rotatable bonds is 17. The second-order valence-corrected chi connectivity index (χ2v) is 37.0. The standard InChI is InChI=1S/C127H83Br2N13/c1-78-54-60-89(61-55-78)142(90-62-56-87(57-63-90)112-104-70-92(79-34-10-2-11-35-79)120(134-104)114(100-50-26-30-66-130-100)124-96(83-42-18-6-19-43-83)74-108(138-124)118(128)109-75-97(84-44-20-7-21-45-84)125(139-109)115(101-51-27-31-67-131-101)121-93(71-105(112)135-121)80-36-12-3-13-37-80)91-64-58-88(59-65-91)113-106-72-94(81-38-14-4-15-39-81)122(136-106)116(102-52-28-32-68-132-102)126-98(85-46-22-8-23-47-85)76-110(140-126)119(129)111-77-99(86-48-24-9-25-49-86)127(141-111)117(103-53-29-33-69-133-103)123-95(73-107(113)137-123)82-40-16-5-17-41-82/h2-77,134,136,139,141H,1H3. The van der Waals surface area contributed by atoms with Crippen molar-refractivity contribution < 1.29 is 0 Å². The summed E-state index contributed by atoms with van der Waals surface area (Å²) in [5, 5.41) is 0. The number of hydrogen-bond donors (Lipinski definition) is 4. The lowest BCUT2D eigenvalue weighted by Crippen LogP contribution is -2.09. The molecule has 14 heterocycles. The van der Waals surface area contributed by atoms with Crippen LogP contribution in [0.2, 0.25) is 0 Å². The van der Waals surface area contributed by atoms with Gasteiger partial charge in [-0.05, 0) is 228 Å². The Bertz CT molecular complexity index is 8420. The highest BCUT2D eigenvalue weighted by molar-refractivity contribution is 9.11. The van der Waals surface area contributed by atoms with Gasteiger partial charge in [-0.2, -0.15) is 0 Å². The van der Waals surface area contributed by atoms with Gasteiger partial charge in [0.25, 0.3) is 0 Å². The SMILES string of the molecule is Cc1ccc(N(c2ccc(-c3c4nc(c(-c5ccccn5)c5[nH]c(cc5-c5ccccc5)c(Br)c5nc(c(-c6ccccn6)c6[nH]c3cc6-c3ccccc3)C(c3ccccc3)=C5)C(c3ccccc3)=C4)cc2)c2ccc(-c3c4nc(c(-c5ccccn5)c5[nH]c(cc5-c5ccccc5)c(Br)c5nc(c(-c6ccccn6)c6[nH]c3cc6-c3ccccc3)C(c3ccccc3)=C5)C(c3ccccc3)=C4)cc2)cc1. The van der Waals surface area contributed by atoms with Gasteiger partial charge in [-0.3, -0.25) is 19.9 Å². The fourth-order valence-corrected chi connectivity index (χ4v) is 21.0. The highest BCUT2D eigenvalue weighted by Crippen LogP contribution is 2.52. The average molecular weight is 1950 g/mol. The maximum atomic E-state index is 6.13. The van der Waals surface area contributed by atoms with Crippen molar-refractivity contribution in [2.24, 2.45) is 0 Å². The molecule has 0 unspecified atom stereocenters. The van der Waals surface area contributed by atoms with Crippen LogP contribution >= 0.6 is 31.9 Å². The molecule has 15 heteroatoms. The van der Waals surface area contributed by atoms with E-state index in [9.17, 15) is 0 Å². The second-order valence-electron chi connectivity index (χ2n) is 35.4. The number of halogens is 2. The van der Waals surface area contributed by atoms with Gasteiger partial charge in [0, 0.05) is 109 Å². The number of pyridine rings is 4. The van der Waals surface area contributed by atoms with Crippen molar-refractivity contribution in [1.82, 2.24) is 59.8 Å². The van der Waals surface area contributed by atoms with E-state index in [2.05, 4.69) is 476 Å². The van der Waals surface area contributed by atoms with E-state index >= 15 is 0 Å². The quantitative estimate of drug-likeness (QED) is 0.0693. The van der Waals surface area contributed by atoms with Gasteiger partial charge < -0.3 is 24.8 Å². The molecular weight excluding hydrogens is 1870 g/mol. The third-order valence-electron chi connectivity index (χ3n) is 26.7. The topological polar surface area (TPSA) is 170 Å². The summed E-state index contributed by atoms with van der Waals surface area (Å²) in [7, 11) is 0. The van der Waals surface area contributed by atoms with Crippen molar-refractivity contribution in [1.29, 1.82) is 0 Å². The predicted molar refractivity (Wildman–Crippen MR) is 590 cm³/mol. The van der Waals surface area contributed by atoms with Gasteiger partial charge in [0.2, 0.25) is 0 Å². The number of fused-ring (bicyclic) bond motifs is 16. The van der Waals surface area contributed by atoms with Crippen molar-refractivity contribution >= 4 is 140 Å². The molecule has 10 aromatic heterocycles. The Morgan fingerprint density at radius 2 is 0.437 bits per heavy atom. The van der Waals surface area contributed by atoms with E-state index in [-0.39, 0.29) is 0 Å². The molecule has 0 aliphatic carbocycles. The molecule has 16 bridgehead atoms. The Balaban J connectivity index is 0.759. The maximum Gasteiger partial charge on any atom is 0.0831 e. The van der Waals surface area contributed by atoms with Gasteiger partial charge in [0.1, 0.15) is 0 Å². The first-order valence-electron chi connectivity index (χ1n) is 47.3. The fraction of sp³-hybridized carbons (Fsp3) is 0.00787. The van der Waals surface area contributed by atoms with Gasteiger partial charge in [-0.1, -0.05) is 309 Å². The number of nitrogens with zero attached hydrogens (tertiary/aromatic N) is 9. The number of aromatic nitrogens is 12. The number of benzene rings is 11. The van der Waals surface area contributed by atoms with Crippen LogP contribution in [0, 0.1) is 6.92 Å². The van der Waals surface area contributed by atoms with Crippen LogP contribution in [-0.2, 0) is 0 Å². The minimum absolute atomic E-state index is 0.723. The van der Waals surface area contributed by atoms with Crippen molar-refractivity contribution in [2.45, 2.75) is 6.92 Å². The van der Waals surface area contributed by atoms with E-state index in [0.29, 0.717) is 0 Å². The molecule has 142 heavy (non-hydrogen) atoms. The van der Waals surface area contributed by atoms with Crippen molar-refractivity contribution in [3.63, 3.8) is 0 Å². The van der Waals surface area contributed by atoms with Crippen LogP contribution in [0.4, 0.5) is 17.1 Å². The Morgan fingerprint density at radius 1 is 0.211 bits per heavy atom. The molecule has 21 aromatic rings. The van der Waals surface area contributed by atoms with Crippen LogP contribution in [0.3, 0.4) is 0 Å². The lowest BCUT2D eigenvalue weighted by atomic mass is 9.95. The van der Waals surface area contributed by atoms with E-state index in [4.69, 9.17) is 39.9 Å². The van der Waals surface area contributed by atoms with Crippen molar-refractivity contribution in [3.05, 3.63) is 520 Å². The highest BCUT2D eigenvalue weighted by Gasteiger charge is 2.33. The summed E-state index contributed by atoms with van der Waals surface area (Å²) in [6, 6.07) is 145. The molecular formula is C127H83Br2N13. The van der Waals surface area contributed by atoms with Crippen molar-refractivity contribution in [3.8, 4) is 112 Å². The van der Waals surface area contributed by atoms with Crippen LogP contribution in [0.1, 0.15) is 73.4 Å². The minimum Gasteiger partial charge on any atom is -0.354 e. The summed E-state index contributed by atoms with van der Waals surface area (Å²) in [5.41, 5.74) is 41.4. The fourth-order valence-electron chi connectivity index (χ4n) is 20.1. The largest absolute Gasteiger partial charge is 0.354 e. The molecule has 0 saturated carbocycles. The molecule has 0 amide bonds. The zero-order chi connectivity index (χ0) is 94.7. The Kier molecular flexibility index (Phi) is 22.2. The monoisotopic (exact) mass is 1950 g/mol. The third kappa shape index (κ3) is 15.8. The second kappa shape index (κ2) is 36.8. The lowest BCUT2D eigenvalue weighted by Gasteiger charge is -2.26. The van der Waals surface area contributed by atoms with Gasteiger partial charge in [-0.25, -0.2) is 19.9 Å². The first-order valence-corrected chi connectivity index (χ1v) is 48.9. The molecule has 670 valence electrons. The molecule has 4 aliphatic heterocycles. The summed E-state index contributed by atoms with van der Waals surface area (Å²) in [6.07, 6.45) is 16.4. The van der Waals surface area contributed by atoms with Crippen LogP contribution < -0.4 is 4.90 Å². The molecule has 0 radical (unpaired) electrons. The first kappa shape index (κ1) is 85.6. The normalized spacial score (nSPS) is 12.2. The molecule has 0 saturated heterocycles. The number of nitrogens with one attached hydrogen (secondary N) is 4. The Hall–Kier alpha value is -18.0. The molecule has 4 aliphatic rings. The molecule has 0 spiro atoms. The molecule has 13 nitrogen and oxygen atoms in total. The van der Waals surface area contributed by atoms with Gasteiger partial charge in [0.15, 0.2) is 0 Å². The zero-order valence-electron chi connectivity index (χ0n) is 76.7. The van der Waals surface area contributed by atoms with Crippen molar-refractivity contribution in [2.75, 3.05) is 4.90 Å². The van der Waals surface area contributed by atoms with Gasteiger partial charge in [-0.15, -0.1) is 0 Å². The van der Waals surface area contributed by atoms with E-state index in [0.717, 1.165) is 278 Å². The summed E-state index contributed by atoms with van der Waals surface area (Å²) in [4.78, 5) is 63.9. The Morgan fingerprint density at radius 3 is 0.697 bits per heavy atom. The number of anilines is 3. The minimum atomic E-state index is 0.723. The lowest BCUT2D eigenvalue weighted by molar-refractivity contribution is 1.26. The molecule has 0 atom stereocenters. The number of aromatic amines is 4. The van der Waals surface area contributed by atoms with E-state index in [1.807, 2.05) is 49.1 Å². The highest BCUT2D eigenvalue weighted by atomic mass is 79.9. The van der Waals surface area contributed by atoms with E-state index < -0.39 is 0 Å². The molecule has 0 fully saturated rings. The molecule has 11 aromatic carbocycles. The first-order chi connectivity index (χ1) is 70.2. The van der Waals surface area contributed by atoms with Crippen LogP contribution in [0.5, 0.6) is 0 Å². The van der Waals surface area contributed by atoms with Crippen LogP contribution in [0.15, 0.2) is 446 Å². The third-order valence-corrected chi connectivity index (χ3v) is 28.4. The zero-order valence-corrected chi connectivity index (χ0v) is 79.8. The number of H-pyrrole nitrogens is 4. The number of aryl methyl sites for hydroxylation is 1. The summed E-state index contributed by atoms with van der Waals surface area (Å²) in [6.45, 7) is 2.14. The summed E-state index contributed by atoms with van der Waals surface area (Å²) >= 11 is 8.52. The van der Waals surface area contributed by atoms with E-state index in [1.54, 1.807) is 0 Å². The molecule has 25 rings (SSSR count). The van der Waals surface area contributed by atoms with E-state index in [1.165, 1.54) is 0 Å². The Labute approximate surface area is 836 Å². The molecule has 4 N–H and O–H groups in total. The van der Waals surface area contributed by atoms with Crippen LogP contribution in [-0.4, -0.2) is 59.8 Å². The smallest absolute Gasteiger partial charge is 0.0831 e. The summed E-state index contributed by atoms with van der Waals surface area (Å²) < 4.78 is 1.53. The number of hydrogen-bond acceptors (Lipinski definition) is 9. The average Bonchev–Trinajstić information content (AvgIpc) is 1.58. The summed E-state index contributed by atoms with van der Waals surface area (Å²) in [5.74, 6) is 0. The predicted octanol–water partition coefficient (Wildman–Crippen LogP) is 32.9. The van der Waals surface area contributed by atoms with Gasteiger partial charge >= 0.3 is 0 Å². The maximum absolute atomic E-state index is 6.13. The van der Waals surface area contributed by atoms with Gasteiger partial charge in [0.05, 0.1) is 133 Å².